The maximum atomic E-state index is 13.9. The van der Waals surface area contributed by atoms with Crippen molar-refractivity contribution >= 4 is 18.0 Å². The van der Waals surface area contributed by atoms with E-state index in [0.29, 0.717) is 0 Å². The number of aromatic nitrogens is 1. The summed E-state index contributed by atoms with van der Waals surface area (Å²) in [6, 6.07) is 15.4. The van der Waals surface area contributed by atoms with Crippen molar-refractivity contribution in [3.05, 3.63) is 94.7 Å². The number of nitrogens with zero attached hydrogens (tertiary/aromatic N) is 2. The Morgan fingerprint density at radius 2 is 1.83 bits per heavy atom. The maximum Gasteiger partial charge on any atom is 0.329 e. The lowest BCUT2D eigenvalue weighted by Gasteiger charge is -2.12. The Balaban J connectivity index is 1.63. The second-order valence-electron chi connectivity index (χ2n) is 7.06. The monoisotopic (exact) mass is 389 g/mol. The van der Waals surface area contributed by atoms with Crippen LogP contribution in [0.25, 0.3) is 11.8 Å². The first-order valence-electron chi connectivity index (χ1n) is 9.27. The first-order valence-corrected chi connectivity index (χ1v) is 9.27. The molecule has 0 saturated carbocycles. The Bertz CT molecular complexity index is 1150. The smallest absolute Gasteiger partial charge is 0.317 e. The lowest BCUT2D eigenvalue weighted by atomic mass is 10.1. The number of halogens is 1. The highest BCUT2D eigenvalue weighted by Gasteiger charge is 2.34. The van der Waals surface area contributed by atoms with Gasteiger partial charge in [0.15, 0.2) is 0 Å². The van der Waals surface area contributed by atoms with Crippen LogP contribution in [-0.4, -0.2) is 21.4 Å². The summed E-state index contributed by atoms with van der Waals surface area (Å²) in [6.45, 7) is 3.94. The molecule has 1 saturated heterocycles. The Hall–Kier alpha value is -3.67. The van der Waals surface area contributed by atoms with Gasteiger partial charge in [-0.2, -0.15) is 0 Å². The second-order valence-corrected chi connectivity index (χ2v) is 7.06. The topological polar surface area (TPSA) is 54.3 Å². The number of nitrogens with one attached hydrogen (secondary N) is 1. The molecule has 29 heavy (non-hydrogen) atoms. The summed E-state index contributed by atoms with van der Waals surface area (Å²) in [7, 11) is 0. The molecular weight excluding hydrogens is 369 g/mol. The minimum absolute atomic E-state index is 0.118. The van der Waals surface area contributed by atoms with Crippen molar-refractivity contribution in [2.75, 3.05) is 0 Å². The Kier molecular flexibility index (Phi) is 4.76. The summed E-state index contributed by atoms with van der Waals surface area (Å²) in [5, 5.41) is 2.60. The van der Waals surface area contributed by atoms with E-state index in [1.165, 1.54) is 11.6 Å². The van der Waals surface area contributed by atoms with Gasteiger partial charge in [0.05, 0.1) is 6.54 Å². The van der Waals surface area contributed by atoms with Gasteiger partial charge in [-0.25, -0.2) is 9.18 Å². The van der Waals surface area contributed by atoms with E-state index < -0.39 is 17.8 Å². The molecule has 5 nitrogen and oxygen atoms in total. The number of hydrogen-bond donors (Lipinski definition) is 1. The number of rotatable bonds is 4. The highest BCUT2D eigenvalue weighted by atomic mass is 19.1. The fourth-order valence-corrected chi connectivity index (χ4v) is 3.47. The van der Waals surface area contributed by atoms with Crippen LogP contribution < -0.4 is 5.32 Å². The van der Waals surface area contributed by atoms with Crippen molar-refractivity contribution in [2.45, 2.75) is 20.4 Å². The van der Waals surface area contributed by atoms with Crippen molar-refractivity contribution in [1.82, 2.24) is 14.8 Å². The summed E-state index contributed by atoms with van der Waals surface area (Å²) >= 11 is 0. The summed E-state index contributed by atoms with van der Waals surface area (Å²) in [4.78, 5) is 26.1. The molecule has 1 aliphatic rings. The summed E-state index contributed by atoms with van der Waals surface area (Å²) < 4.78 is 15.9. The molecule has 1 N–H and O–H groups in total. The summed E-state index contributed by atoms with van der Waals surface area (Å²) in [5.41, 5.74) is 4.47. The number of imide groups is 1. The van der Waals surface area contributed by atoms with E-state index >= 15 is 0 Å². The number of benzene rings is 2. The zero-order valence-corrected chi connectivity index (χ0v) is 16.1. The quantitative estimate of drug-likeness (QED) is 0.534. The molecule has 3 aromatic rings. The molecular formula is C23H20FN3O2. The zero-order valence-electron chi connectivity index (χ0n) is 16.1. The molecule has 1 fully saturated rings. The van der Waals surface area contributed by atoms with Gasteiger partial charge in [0.25, 0.3) is 5.91 Å². The fraction of sp³-hybridized carbons (Fsp3) is 0.130. The molecule has 4 rings (SSSR count). The second kappa shape index (κ2) is 7.39. The third kappa shape index (κ3) is 3.57. The maximum absolute atomic E-state index is 13.9. The number of urea groups is 1. The molecule has 1 aromatic heterocycles. The predicted molar refractivity (Wildman–Crippen MR) is 109 cm³/mol. The van der Waals surface area contributed by atoms with Crippen molar-refractivity contribution in [1.29, 1.82) is 0 Å². The van der Waals surface area contributed by atoms with Gasteiger partial charge in [-0.15, -0.1) is 0 Å². The third-order valence-electron chi connectivity index (χ3n) is 4.93. The number of hydrogen-bond acceptors (Lipinski definition) is 2. The molecule has 2 heterocycles. The Labute approximate surface area is 168 Å². The van der Waals surface area contributed by atoms with Gasteiger partial charge >= 0.3 is 6.03 Å². The third-order valence-corrected chi connectivity index (χ3v) is 4.93. The van der Waals surface area contributed by atoms with Gasteiger partial charge in [0.2, 0.25) is 0 Å². The molecule has 1 aliphatic heterocycles. The molecule has 2 aromatic carbocycles. The molecule has 0 atom stereocenters. The van der Waals surface area contributed by atoms with E-state index in [9.17, 15) is 14.0 Å². The lowest BCUT2D eigenvalue weighted by Crippen LogP contribution is -2.30. The molecule has 0 aliphatic carbocycles. The molecule has 6 heteroatoms. The predicted octanol–water partition coefficient (Wildman–Crippen LogP) is 4.33. The zero-order chi connectivity index (χ0) is 20.5. The molecule has 3 amide bonds. The van der Waals surface area contributed by atoms with E-state index in [1.54, 1.807) is 24.3 Å². The SMILES string of the molecule is Cc1ccc(-n2cccc2/C=C2\NC(=O)N(Cc3ccccc3F)C2=O)c(C)c1. The number of aryl methyl sites for hydroxylation is 2. The van der Waals surface area contributed by atoms with Crippen LogP contribution in [0, 0.1) is 19.7 Å². The van der Waals surface area contributed by atoms with Crippen molar-refractivity contribution in [3.8, 4) is 5.69 Å². The van der Waals surface area contributed by atoms with Crippen LogP contribution in [0.1, 0.15) is 22.4 Å². The fourth-order valence-electron chi connectivity index (χ4n) is 3.47. The highest BCUT2D eigenvalue weighted by Crippen LogP contribution is 2.22. The van der Waals surface area contributed by atoms with Crippen molar-refractivity contribution in [2.24, 2.45) is 0 Å². The molecule has 0 spiro atoms. The lowest BCUT2D eigenvalue weighted by molar-refractivity contribution is -0.123. The van der Waals surface area contributed by atoms with Gasteiger partial charge in [-0.1, -0.05) is 35.9 Å². The van der Waals surface area contributed by atoms with Crippen LogP contribution in [0.15, 0.2) is 66.5 Å². The van der Waals surface area contributed by atoms with Gasteiger partial charge < -0.3 is 9.88 Å². The van der Waals surface area contributed by atoms with Crippen LogP contribution in [0.4, 0.5) is 9.18 Å². The van der Waals surface area contributed by atoms with E-state index in [0.717, 1.165) is 21.8 Å². The van der Waals surface area contributed by atoms with Crippen LogP contribution in [0.5, 0.6) is 0 Å². The van der Waals surface area contributed by atoms with Crippen molar-refractivity contribution < 1.29 is 14.0 Å². The van der Waals surface area contributed by atoms with Crippen LogP contribution in [-0.2, 0) is 11.3 Å². The first kappa shape index (κ1) is 18.7. The summed E-state index contributed by atoms with van der Waals surface area (Å²) in [5.74, 6) is -0.930. The molecule has 0 unspecified atom stereocenters. The average molecular weight is 389 g/mol. The minimum Gasteiger partial charge on any atom is -0.317 e. The molecule has 0 radical (unpaired) electrons. The van der Waals surface area contributed by atoms with Crippen LogP contribution in [0.2, 0.25) is 0 Å². The molecule has 0 bridgehead atoms. The standard InChI is InChI=1S/C23H20FN3O2/c1-15-9-10-21(16(2)12-15)26-11-5-7-18(26)13-20-22(28)27(23(29)25-20)14-17-6-3-4-8-19(17)24/h3-13H,14H2,1-2H3,(H,25,29)/b20-13-. The molecule has 146 valence electrons. The van der Waals surface area contributed by atoms with E-state index in [4.69, 9.17) is 0 Å². The minimum atomic E-state index is -0.561. The van der Waals surface area contributed by atoms with Crippen LogP contribution in [0.3, 0.4) is 0 Å². The van der Waals surface area contributed by atoms with E-state index in [1.807, 2.05) is 48.9 Å². The van der Waals surface area contributed by atoms with Crippen molar-refractivity contribution in [3.63, 3.8) is 0 Å². The average Bonchev–Trinajstić information content (AvgIpc) is 3.23. The van der Waals surface area contributed by atoms with Crippen LogP contribution >= 0.6 is 0 Å². The van der Waals surface area contributed by atoms with Gasteiger partial charge in [-0.3, -0.25) is 9.69 Å². The van der Waals surface area contributed by atoms with E-state index in [2.05, 4.69) is 11.4 Å². The highest BCUT2D eigenvalue weighted by molar-refractivity contribution is 6.13. The van der Waals surface area contributed by atoms with E-state index in [-0.39, 0.29) is 17.8 Å². The number of carbonyl (C=O) groups excluding carboxylic acids is 2. The number of amides is 3. The number of carbonyl (C=O) groups is 2. The van der Waals surface area contributed by atoms with Gasteiger partial charge in [0.1, 0.15) is 11.5 Å². The van der Waals surface area contributed by atoms with Gasteiger partial charge in [0, 0.05) is 23.1 Å². The van der Waals surface area contributed by atoms with Gasteiger partial charge in [-0.05, 0) is 49.8 Å². The Morgan fingerprint density at radius 1 is 1.03 bits per heavy atom. The largest absolute Gasteiger partial charge is 0.329 e. The normalized spacial score (nSPS) is 15.3. The Morgan fingerprint density at radius 3 is 2.59 bits per heavy atom. The first-order chi connectivity index (χ1) is 13.9. The summed E-state index contributed by atoms with van der Waals surface area (Å²) in [6.07, 6.45) is 3.54.